The van der Waals surface area contributed by atoms with Crippen LogP contribution in [0, 0.1) is 0 Å². The van der Waals surface area contributed by atoms with Crippen molar-refractivity contribution in [1.82, 2.24) is 4.98 Å². The van der Waals surface area contributed by atoms with Crippen LogP contribution < -0.4 is 16.5 Å². The number of carbonyl (C=O) groups is 1. The van der Waals surface area contributed by atoms with E-state index in [1.165, 1.54) is 18.3 Å². The van der Waals surface area contributed by atoms with Crippen LogP contribution in [0.15, 0.2) is 18.3 Å². The maximum atomic E-state index is 10.5. The quantitative estimate of drug-likeness (QED) is 0.557. The fourth-order valence-corrected chi connectivity index (χ4v) is 0.596. The van der Waals surface area contributed by atoms with Gasteiger partial charge in [0.05, 0.1) is 5.56 Å². The third kappa shape index (κ3) is 1.65. The normalized spacial score (nSPS) is 9.18. The molecule has 0 aliphatic carbocycles. The number of hydrogen-bond acceptors (Lipinski definition) is 4. The number of amides is 1. The molecule has 0 unspecified atom stereocenters. The molecule has 0 atom stereocenters. The largest absolute Gasteiger partial charge is 0.391 e. The number of carbonyl (C=O) groups excluding carboxylic acids is 1. The van der Waals surface area contributed by atoms with E-state index in [-0.39, 0.29) is 5.88 Å². The molecule has 1 aromatic rings. The summed E-state index contributed by atoms with van der Waals surface area (Å²) in [6.45, 7) is 0. The van der Waals surface area contributed by atoms with Gasteiger partial charge in [-0.2, -0.15) is 5.90 Å². The van der Waals surface area contributed by atoms with Gasteiger partial charge in [0.25, 0.3) is 0 Å². The number of hydrogen-bond donors (Lipinski definition) is 2. The smallest absolute Gasteiger partial charge is 0.250 e. The molecule has 0 radical (unpaired) electrons. The summed E-state index contributed by atoms with van der Waals surface area (Å²) >= 11 is 0. The van der Waals surface area contributed by atoms with Crippen molar-refractivity contribution >= 4 is 5.91 Å². The van der Waals surface area contributed by atoms with Gasteiger partial charge in [-0.3, -0.25) is 4.79 Å². The van der Waals surface area contributed by atoms with Crippen LogP contribution in [0.1, 0.15) is 10.4 Å². The highest BCUT2D eigenvalue weighted by Gasteiger charge is 1.99. The van der Waals surface area contributed by atoms with E-state index in [1.54, 1.807) is 0 Å². The van der Waals surface area contributed by atoms with Gasteiger partial charge in [-0.1, -0.05) is 0 Å². The topological polar surface area (TPSA) is 91.2 Å². The molecular weight excluding hydrogens is 146 g/mol. The number of pyridine rings is 1. The zero-order valence-corrected chi connectivity index (χ0v) is 5.65. The first-order valence-corrected chi connectivity index (χ1v) is 2.86. The van der Waals surface area contributed by atoms with Crippen LogP contribution in [0.3, 0.4) is 0 Å². The van der Waals surface area contributed by atoms with Crippen molar-refractivity contribution in [2.45, 2.75) is 0 Å². The number of nitrogens with two attached hydrogens (primary N) is 2. The summed E-state index contributed by atoms with van der Waals surface area (Å²) in [7, 11) is 0. The Labute approximate surface area is 62.9 Å². The van der Waals surface area contributed by atoms with Crippen molar-refractivity contribution in [3.8, 4) is 5.88 Å². The number of aromatic nitrogens is 1. The first kappa shape index (κ1) is 7.49. The van der Waals surface area contributed by atoms with Crippen LogP contribution >= 0.6 is 0 Å². The highest BCUT2D eigenvalue weighted by Crippen LogP contribution is 2.04. The number of primary amides is 1. The maximum absolute atomic E-state index is 10.5. The summed E-state index contributed by atoms with van der Waals surface area (Å²) in [6.07, 6.45) is 1.30. The number of rotatable bonds is 2. The monoisotopic (exact) mass is 153 g/mol. The first-order chi connectivity index (χ1) is 5.24. The minimum absolute atomic E-state index is 0.245. The Balaban J connectivity index is 2.91. The molecule has 1 heterocycles. The van der Waals surface area contributed by atoms with Crippen molar-refractivity contribution in [3.05, 3.63) is 23.9 Å². The second-order valence-corrected chi connectivity index (χ2v) is 1.87. The molecule has 0 aliphatic rings. The van der Waals surface area contributed by atoms with Gasteiger partial charge in [0.15, 0.2) is 0 Å². The number of nitrogens with zero attached hydrogens (tertiary/aromatic N) is 1. The molecule has 1 amide bonds. The Hall–Kier alpha value is -1.62. The van der Waals surface area contributed by atoms with E-state index in [0.717, 1.165) is 0 Å². The Morgan fingerprint density at radius 1 is 1.55 bits per heavy atom. The summed E-state index contributed by atoms with van der Waals surface area (Å²) in [5, 5.41) is 0. The van der Waals surface area contributed by atoms with E-state index < -0.39 is 5.91 Å². The molecule has 0 saturated carbocycles. The van der Waals surface area contributed by atoms with Gasteiger partial charge < -0.3 is 10.6 Å². The standard InChI is InChI=1S/C6H7N3O2/c7-6(10)4-1-2-5(11-8)9-3-4/h1-3H,8H2,(H2,7,10). The Morgan fingerprint density at radius 2 is 2.27 bits per heavy atom. The van der Waals surface area contributed by atoms with E-state index in [2.05, 4.69) is 9.82 Å². The second kappa shape index (κ2) is 2.98. The summed E-state index contributed by atoms with van der Waals surface area (Å²) in [6, 6.07) is 2.94. The van der Waals surface area contributed by atoms with E-state index in [4.69, 9.17) is 11.6 Å². The molecule has 4 N–H and O–H groups in total. The van der Waals surface area contributed by atoms with Gasteiger partial charge in [0, 0.05) is 12.3 Å². The molecule has 0 spiro atoms. The second-order valence-electron chi connectivity index (χ2n) is 1.87. The summed E-state index contributed by atoms with van der Waals surface area (Å²) in [5.74, 6) is 4.52. The van der Waals surface area contributed by atoms with Gasteiger partial charge in [-0.25, -0.2) is 4.98 Å². The van der Waals surface area contributed by atoms with Crippen molar-refractivity contribution in [2.75, 3.05) is 0 Å². The van der Waals surface area contributed by atoms with Gasteiger partial charge in [-0.05, 0) is 6.07 Å². The summed E-state index contributed by atoms with van der Waals surface area (Å²) in [5.41, 5.74) is 5.28. The van der Waals surface area contributed by atoms with Gasteiger partial charge in [0.2, 0.25) is 11.8 Å². The molecule has 0 aromatic carbocycles. The van der Waals surface area contributed by atoms with Gasteiger partial charge in [-0.15, -0.1) is 0 Å². The van der Waals surface area contributed by atoms with Crippen LogP contribution in [0.4, 0.5) is 0 Å². The van der Waals surface area contributed by atoms with E-state index in [9.17, 15) is 4.79 Å². The molecule has 1 aromatic heterocycles. The molecule has 5 nitrogen and oxygen atoms in total. The fraction of sp³-hybridized carbons (Fsp3) is 0. The molecule has 11 heavy (non-hydrogen) atoms. The molecular formula is C6H7N3O2. The van der Waals surface area contributed by atoms with E-state index >= 15 is 0 Å². The minimum Gasteiger partial charge on any atom is -0.391 e. The Morgan fingerprint density at radius 3 is 2.64 bits per heavy atom. The lowest BCUT2D eigenvalue weighted by atomic mass is 10.3. The molecule has 1 rings (SSSR count). The molecule has 0 fully saturated rings. The Kier molecular flexibility index (Phi) is 2.03. The van der Waals surface area contributed by atoms with E-state index in [1.807, 2.05) is 0 Å². The molecule has 5 heteroatoms. The summed E-state index contributed by atoms with van der Waals surface area (Å²) < 4.78 is 0. The van der Waals surface area contributed by atoms with Crippen LogP contribution in [0.5, 0.6) is 5.88 Å². The molecule has 0 bridgehead atoms. The lowest BCUT2D eigenvalue weighted by Gasteiger charge is -1.96. The molecule has 58 valence electrons. The predicted octanol–water partition coefficient (Wildman–Crippen LogP) is -0.567. The lowest BCUT2D eigenvalue weighted by molar-refractivity contribution is 0.1000. The molecule has 0 aliphatic heterocycles. The highest BCUT2D eigenvalue weighted by molar-refractivity contribution is 5.92. The predicted molar refractivity (Wildman–Crippen MR) is 37.6 cm³/mol. The highest BCUT2D eigenvalue weighted by atomic mass is 16.6. The SMILES string of the molecule is NOc1ccc(C(N)=O)cn1. The third-order valence-corrected chi connectivity index (χ3v) is 1.14. The Bertz CT molecular complexity index is 257. The van der Waals surface area contributed by atoms with Crippen LogP contribution in [0.25, 0.3) is 0 Å². The van der Waals surface area contributed by atoms with Crippen LogP contribution in [-0.4, -0.2) is 10.9 Å². The average Bonchev–Trinajstić information content (AvgIpc) is 2.05. The zero-order chi connectivity index (χ0) is 8.27. The lowest BCUT2D eigenvalue weighted by Crippen LogP contribution is -2.11. The van der Waals surface area contributed by atoms with E-state index in [0.29, 0.717) is 5.56 Å². The van der Waals surface area contributed by atoms with Crippen LogP contribution in [0.2, 0.25) is 0 Å². The maximum Gasteiger partial charge on any atom is 0.250 e. The van der Waals surface area contributed by atoms with Crippen molar-refractivity contribution in [3.63, 3.8) is 0 Å². The third-order valence-electron chi connectivity index (χ3n) is 1.14. The van der Waals surface area contributed by atoms with Crippen molar-refractivity contribution < 1.29 is 9.63 Å². The average molecular weight is 153 g/mol. The van der Waals surface area contributed by atoms with Crippen molar-refractivity contribution in [1.29, 1.82) is 0 Å². The van der Waals surface area contributed by atoms with Crippen molar-refractivity contribution in [2.24, 2.45) is 11.6 Å². The van der Waals surface area contributed by atoms with Gasteiger partial charge >= 0.3 is 0 Å². The minimum atomic E-state index is -0.527. The molecule has 0 saturated heterocycles. The zero-order valence-electron chi connectivity index (χ0n) is 5.65. The first-order valence-electron chi connectivity index (χ1n) is 2.86. The van der Waals surface area contributed by atoms with Crippen LogP contribution in [-0.2, 0) is 0 Å². The fourth-order valence-electron chi connectivity index (χ4n) is 0.596. The summed E-state index contributed by atoms with van der Waals surface area (Å²) in [4.78, 5) is 18.5. The van der Waals surface area contributed by atoms with Gasteiger partial charge in [0.1, 0.15) is 0 Å².